The zero-order valence-electron chi connectivity index (χ0n) is 9.19. The van der Waals surface area contributed by atoms with Gasteiger partial charge in [-0.05, 0) is 24.6 Å². The van der Waals surface area contributed by atoms with Gasteiger partial charge in [-0.3, -0.25) is 0 Å². The molecule has 0 unspecified atom stereocenters. The molecule has 1 aromatic carbocycles. The highest BCUT2D eigenvalue weighted by Gasteiger charge is 2.10. The number of aromatic nitrogens is 2. The molecule has 3 aromatic rings. The molecule has 4 nitrogen and oxygen atoms in total. The Morgan fingerprint density at radius 2 is 2.18 bits per heavy atom. The first-order valence-electron chi connectivity index (χ1n) is 5.27. The smallest absolute Gasteiger partial charge is 0.354 e. The van der Waals surface area contributed by atoms with Gasteiger partial charge in [0, 0.05) is 16.3 Å². The molecule has 84 valence electrons. The number of hydrogen-bond donors (Lipinski definition) is 2. The lowest BCUT2D eigenvalue weighted by molar-refractivity contribution is 0.0691. The molecule has 0 radical (unpaired) electrons. The van der Waals surface area contributed by atoms with Crippen LogP contribution in [0.25, 0.3) is 21.8 Å². The number of carboxylic acid groups (broad SMARTS) is 1. The monoisotopic (exact) mass is 226 g/mol. The van der Waals surface area contributed by atoms with E-state index in [0.29, 0.717) is 0 Å². The Labute approximate surface area is 96.9 Å². The Hall–Kier alpha value is -2.36. The highest BCUT2D eigenvalue weighted by atomic mass is 16.4. The normalized spacial score (nSPS) is 11.1. The molecule has 0 saturated heterocycles. The number of rotatable bonds is 1. The second kappa shape index (κ2) is 3.31. The standard InChI is InChI=1S/C13H10N2O2/c1-7-3-2-4-9-12(7)8-5-10(13(16)17)14-6-11(8)15-9/h2-6,15H,1H3,(H,16,17). The third kappa shape index (κ3) is 1.38. The van der Waals surface area contributed by atoms with Gasteiger partial charge in [-0.2, -0.15) is 0 Å². The SMILES string of the molecule is Cc1cccc2[nH]c3cnc(C(=O)O)cc3c12. The second-order valence-electron chi connectivity index (χ2n) is 4.04. The summed E-state index contributed by atoms with van der Waals surface area (Å²) in [6.45, 7) is 2.01. The second-order valence-corrected chi connectivity index (χ2v) is 4.04. The summed E-state index contributed by atoms with van der Waals surface area (Å²) in [6.07, 6.45) is 1.57. The summed E-state index contributed by atoms with van der Waals surface area (Å²) >= 11 is 0. The third-order valence-corrected chi connectivity index (χ3v) is 2.93. The molecule has 17 heavy (non-hydrogen) atoms. The molecular formula is C13H10N2O2. The van der Waals surface area contributed by atoms with Crippen LogP contribution in [-0.2, 0) is 0 Å². The van der Waals surface area contributed by atoms with E-state index in [-0.39, 0.29) is 5.69 Å². The summed E-state index contributed by atoms with van der Waals surface area (Å²) in [7, 11) is 0. The molecule has 2 aromatic heterocycles. The molecule has 3 rings (SSSR count). The number of nitrogens with one attached hydrogen (secondary N) is 1. The van der Waals surface area contributed by atoms with Crippen LogP contribution in [0.15, 0.2) is 30.5 Å². The Morgan fingerprint density at radius 3 is 2.94 bits per heavy atom. The molecule has 0 bridgehead atoms. The summed E-state index contributed by atoms with van der Waals surface area (Å²) in [4.78, 5) is 18.0. The number of aromatic carboxylic acids is 1. The van der Waals surface area contributed by atoms with E-state index < -0.39 is 5.97 Å². The van der Waals surface area contributed by atoms with Crippen molar-refractivity contribution < 1.29 is 9.90 Å². The fourth-order valence-electron chi connectivity index (χ4n) is 2.15. The molecule has 0 atom stereocenters. The summed E-state index contributed by atoms with van der Waals surface area (Å²) in [5.74, 6) is -1.00. The van der Waals surface area contributed by atoms with Crippen LogP contribution < -0.4 is 0 Å². The van der Waals surface area contributed by atoms with Gasteiger partial charge in [0.1, 0.15) is 5.69 Å². The van der Waals surface area contributed by atoms with Gasteiger partial charge >= 0.3 is 5.97 Å². The number of H-pyrrole nitrogens is 1. The van der Waals surface area contributed by atoms with Gasteiger partial charge in [0.15, 0.2) is 0 Å². The number of nitrogens with zero attached hydrogens (tertiary/aromatic N) is 1. The fraction of sp³-hybridized carbons (Fsp3) is 0.0769. The summed E-state index contributed by atoms with van der Waals surface area (Å²) in [5, 5.41) is 10.9. The molecule has 2 heterocycles. The van der Waals surface area contributed by atoms with E-state index in [1.54, 1.807) is 12.3 Å². The van der Waals surface area contributed by atoms with Crippen molar-refractivity contribution in [2.24, 2.45) is 0 Å². The lowest BCUT2D eigenvalue weighted by Gasteiger charge is -1.97. The van der Waals surface area contributed by atoms with Gasteiger partial charge < -0.3 is 10.1 Å². The average molecular weight is 226 g/mol. The molecule has 0 amide bonds. The predicted molar refractivity (Wildman–Crippen MR) is 65.3 cm³/mol. The molecule has 0 aliphatic rings. The molecule has 0 aliphatic heterocycles. The van der Waals surface area contributed by atoms with Crippen molar-refractivity contribution in [3.8, 4) is 0 Å². The number of pyridine rings is 1. The predicted octanol–water partition coefficient (Wildman–Crippen LogP) is 2.72. The van der Waals surface area contributed by atoms with E-state index in [1.807, 2.05) is 25.1 Å². The molecular weight excluding hydrogens is 216 g/mol. The Bertz CT molecular complexity index is 744. The third-order valence-electron chi connectivity index (χ3n) is 2.93. The summed E-state index contributed by atoms with van der Waals surface area (Å²) in [6, 6.07) is 7.57. The van der Waals surface area contributed by atoms with E-state index in [1.165, 1.54) is 0 Å². The largest absolute Gasteiger partial charge is 0.477 e. The maximum Gasteiger partial charge on any atom is 0.354 e. The number of benzene rings is 1. The van der Waals surface area contributed by atoms with Crippen LogP contribution >= 0.6 is 0 Å². The van der Waals surface area contributed by atoms with Gasteiger partial charge in [-0.15, -0.1) is 0 Å². The minimum Gasteiger partial charge on any atom is -0.477 e. The van der Waals surface area contributed by atoms with E-state index >= 15 is 0 Å². The topological polar surface area (TPSA) is 66.0 Å². The molecule has 0 spiro atoms. The van der Waals surface area contributed by atoms with Crippen LogP contribution in [0.1, 0.15) is 16.1 Å². The van der Waals surface area contributed by atoms with Crippen molar-refractivity contribution in [3.05, 3.63) is 41.7 Å². The van der Waals surface area contributed by atoms with E-state index in [2.05, 4.69) is 9.97 Å². The number of aromatic amines is 1. The molecule has 2 N–H and O–H groups in total. The number of carboxylic acids is 1. The van der Waals surface area contributed by atoms with Crippen LogP contribution in [0.3, 0.4) is 0 Å². The molecule has 0 fully saturated rings. The van der Waals surface area contributed by atoms with Crippen LogP contribution in [0, 0.1) is 6.92 Å². The quantitative estimate of drug-likeness (QED) is 0.670. The Balaban J connectivity index is 2.48. The van der Waals surface area contributed by atoms with Gasteiger partial charge in [-0.1, -0.05) is 12.1 Å². The van der Waals surface area contributed by atoms with Gasteiger partial charge in [0.25, 0.3) is 0 Å². The average Bonchev–Trinajstić information content (AvgIpc) is 2.67. The lowest BCUT2D eigenvalue weighted by Crippen LogP contribution is -1.98. The van der Waals surface area contributed by atoms with E-state index in [4.69, 9.17) is 5.11 Å². The van der Waals surface area contributed by atoms with Crippen molar-refractivity contribution in [1.29, 1.82) is 0 Å². The van der Waals surface area contributed by atoms with Crippen molar-refractivity contribution in [2.45, 2.75) is 6.92 Å². The van der Waals surface area contributed by atoms with Crippen LogP contribution in [0.2, 0.25) is 0 Å². The highest BCUT2D eigenvalue weighted by Crippen LogP contribution is 2.27. The van der Waals surface area contributed by atoms with Crippen molar-refractivity contribution in [2.75, 3.05) is 0 Å². The van der Waals surface area contributed by atoms with Crippen molar-refractivity contribution in [3.63, 3.8) is 0 Å². The van der Waals surface area contributed by atoms with Crippen LogP contribution in [0.4, 0.5) is 0 Å². The number of fused-ring (bicyclic) bond motifs is 3. The van der Waals surface area contributed by atoms with E-state index in [0.717, 1.165) is 27.4 Å². The lowest BCUT2D eigenvalue weighted by atomic mass is 10.1. The van der Waals surface area contributed by atoms with Crippen molar-refractivity contribution >= 4 is 27.8 Å². The first-order valence-corrected chi connectivity index (χ1v) is 5.27. The number of aryl methyl sites for hydroxylation is 1. The van der Waals surface area contributed by atoms with Gasteiger partial charge in [0.2, 0.25) is 0 Å². The van der Waals surface area contributed by atoms with Crippen LogP contribution in [-0.4, -0.2) is 21.0 Å². The fourth-order valence-corrected chi connectivity index (χ4v) is 2.15. The van der Waals surface area contributed by atoms with Crippen LogP contribution in [0.5, 0.6) is 0 Å². The van der Waals surface area contributed by atoms with E-state index in [9.17, 15) is 4.79 Å². The number of hydrogen-bond acceptors (Lipinski definition) is 2. The maximum absolute atomic E-state index is 10.9. The summed E-state index contributed by atoms with van der Waals surface area (Å²) in [5.41, 5.74) is 3.06. The zero-order valence-corrected chi connectivity index (χ0v) is 9.19. The first-order chi connectivity index (χ1) is 8.16. The maximum atomic E-state index is 10.9. The molecule has 0 aliphatic carbocycles. The molecule has 0 saturated carbocycles. The Morgan fingerprint density at radius 1 is 1.35 bits per heavy atom. The first kappa shape index (κ1) is 9.84. The highest BCUT2D eigenvalue weighted by molar-refractivity contribution is 6.10. The minimum atomic E-state index is -1.00. The summed E-state index contributed by atoms with van der Waals surface area (Å²) < 4.78 is 0. The zero-order chi connectivity index (χ0) is 12.0. The number of carbonyl (C=O) groups is 1. The molecule has 4 heteroatoms. The van der Waals surface area contributed by atoms with Gasteiger partial charge in [0.05, 0.1) is 11.7 Å². The minimum absolute atomic E-state index is 0.0710. The Kier molecular flexibility index (Phi) is 1.92. The van der Waals surface area contributed by atoms with Crippen molar-refractivity contribution in [1.82, 2.24) is 9.97 Å². The van der Waals surface area contributed by atoms with Gasteiger partial charge in [-0.25, -0.2) is 9.78 Å².